The summed E-state index contributed by atoms with van der Waals surface area (Å²) in [4.78, 5) is 11.0. The molecule has 0 fully saturated rings. The molecule has 4 nitrogen and oxygen atoms in total. The topological polar surface area (TPSA) is 46.9 Å². The Labute approximate surface area is 117 Å². The smallest absolute Gasteiger partial charge is 0.355 e. The summed E-state index contributed by atoms with van der Waals surface area (Å²) in [5.74, 6) is -1.30. The number of alkyl halides is 6. The summed E-state index contributed by atoms with van der Waals surface area (Å²) < 4.78 is 72.8. The van der Waals surface area contributed by atoms with Gasteiger partial charge in [0.1, 0.15) is 0 Å². The molecule has 1 heterocycles. The lowest BCUT2D eigenvalue weighted by Gasteiger charge is -2.13. The van der Waals surface area contributed by atoms with Crippen molar-refractivity contribution in [2.24, 2.45) is 0 Å². The number of rotatable bonds is 2. The van der Waals surface area contributed by atoms with Gasteiger partial charge in [-0.2, -0.15) is 23.0 Å². The van der Waals surface area contributed by atoms with E-state index in [1.807, 2.05) is 0 Å². The number of hydrogen-bond acceptors (Lipinski definition) is 2. The van der Waals surface area contributed by atoms with Gasteiger partial charge in [0.25, 0.3) is 5.91 Å². The van der Waals surface area contributed by atoms with E-state index in [1.165, 1.54) is 12.8 Å². The summed E-state index contributed by atoms with van der Waals surface area (Å²) in [5, 5.41) is 4.33. The highest BCUT2D eigenvalue weighted by atomic mass is 19.4. The summed E-state index contributed by atoms with van der Waals surface area (Å²) in [7, 11) is 0.993. The fourth-order valence-electron chi connectivity index (χ4n) is 1.11. The van der Waals surface area contributed by atoms with E-state index in [2.05, 4.69) is 18.9 Å². The van der Waals surface area contributed by atoms with Gasteiger partial charge in [0, 0.05) is 7.05 Å². The fraction of sp³-hybridized carbons (Fsp3) is 0.636. The minimum absolute atomic E-state index is 0.217. The standard InChI is InChI=1S/C7H5F6N3O.C4H10/c1-14-5(17)3-2-15-16(7(11,12)13)4(3)6(8,9)10;1-3-4-2/h2H,1H3,(H,14,17);3-4H2,1-2H3. The van der Waals surface area contributed by atoms with Gasteiger partial charge in [-0.25, -0.2) is 0 Å². The first-order valence-electron chi connectivity index (χ1n) is 5.95. The van der Waals surface area contributed by atoms with Gasteiger partial charge in [-0.1, -0.05) is 26.7 Å². The quantitative estimate of drug-likeness (QED) is 0.848. The van der Waals surface area contributed by atoms with Gasteiger partial charge in [-0.05, 0) is 0 Å². The molecule has 122 valence electrons. The van der Waals surface area contributed by atoms with E-state index < -0.39 is 34.3 Å². The van der Waals surface area contributed by atoms with Crippen LogP contribution in [0.3, 0.4) is 0 Å². The maximum atomic E-state index is 12.4. The summed E-state index contributed by atoms with van der Waals surface area (Å²) in [6, 6.07) is 0. The summed E-state index contributed by atoms with van der Waals surface area (Å²) in [5.41, 5.74) is -3.33. The number of hydrogen-bond donors (Lipinski definition) is 1. The lowest BCUT2D eigenvalue weighted by Crippen LogP contribution is -2.28. The van der Waals surface area contributed by atoms with Crippen LogP contribution >= 0.6 is 0 Å². The van der Waals surface area contributed by atoms with Crippen LogP contribution in [0, 0.1) is 0 Å². The van der Waals surface area contributed by atoms with E-state index in [4.69, 9.17) is 0 Å². The van der Waals surface area contributed by atoms with E-state index in [9.17, 15) is 31.1 Å². The van der Waals surface area contributed by atoms with Gasteiger partial charge < -0.3 is 5.32 Å². The van der Waals surface area contributed by atoms with Crippen molar-refractivity contribution >= 4 is 5.91 Å². The molecule has 0 saturated carbocycles. The van der Waals surface area contributed by atoms with Crippen LogP contribution in [0.1, 0.15) is 42.7 Å². The zero-order valence-corrected chi connectivity index (χ0v) is 11.6. The normalized spacial score (nSPS) is 11.7. The Morgan fingerprint density at radius 2 is 1.67 bits per heavy atom. The van der Waals surface area contributed by atoms with Gasteiger partial charge in [0.15, 0.2) is 5.69 Å². The molecule has 0 spiro atoms. The molecule has 21 heavy (non-hydrogen) atoms. The van der Waals surface area contributed by atoms with Gasteiger partial charge in [-0.15, -0.1) is 13.2 Å². The number of carbonyl (C=O) groups is 1. The van der Waals surface area contributed by atoms with Crippen LogP contribution in [0.2, 0.25) is 0 Å². The molecule has 1 N–H and O–H groups in total. The molecule has 0 saturated heterocycles. The molecule has 1 aromatic heterocycles. The van der Waals surface area contributed by atoms with Gasteiger partial charge in [0.2, 0.25) is 0 Å². The molecule has 0 atom stereocenters. The monoisotopic (exact) mass is 319 g/mol. The van der Waals surface area contributed by atoms with Crippen molar-refractivity contribution in [3.63, 3.8) is 0 Å². The Kier molecular flexibility index (Phi) is 6.71. The number of carbonyl (C=O) groups excluding carboxylic acids is 1. The van der Waals surface area contributed by atoms with Gasteiger partial charge in [-0.3, -0.25) is 4.79 Å². The number of nitrogens with one attached hydrogen (secondary N) is 1. The molecule has 0 aromatic carbocycles. The Bertz CT molecular complexity index is 462. The highest BCUT2D eigenvalue weighted by Gasteiger charge is 2.47. The van der Waals surface area contributed by atoms with Crippen LogP contribution in [0.4, 0.5) is 26.3 Å². The maximum absolute atomic E-state index is 12.4. The van der Waals surface area contributed by atoms with Crippen molar-refractivity contribution in [1.29, 1.82) is 0 Å². The molecule has 0 aliphatic rings. The number of unbranched alkanes of at least 4 members (excludes halogenated alkanes) is 1. The second kappa shape index (κ2) is 7.32. The van der Waals surface area contributed by atoms with Crippen molar-refractivity contribution in [3.05, 3.63) is 17.5 Å². The summed E-state index contributed by atoms with van der Waals surface area (Å²) in [6.45, 7) is 4.36. The average Bonchev–Trinajstić information content (AvgIpc) is 2.82. The lowest BCUT2D eigenvalue weighted by molar-refractivity contribution is -0.229. The second-order valence-electron chi connectivity index (χ2n) is 3.86. The fourth-order valence-corrected chi connectivity index (χ4v) is 1.11. The molecular formula is C11H15F6N3O. The Morgan fingerprint density at radius 3 is 1.95 bits per heavy atom. The first kappa shape index (κ1) is 19.3. The SMILES string of the molecule is CCCC.CNC(=O)c1cnn(C(F)(F)F)c1C(F)(F)F. The van der Waals surface area contributed by atoms with E-state index in [-0.39, 0.29) is 6.20 Å². The minimum atomic E-state index is -5.35. The maximum Gasteiger partial charge on any atom is 0.505 e. The Morgan fingerprint density at radius 1 is 1.19 bits per heavy atom. The van der Waals surface area contributed by atoms with Crippen LogP contribution < -0.4 is 5.32 Å². The molecular weight excluding hydrogens is 304 g/mol. The van der Waals surface area contributed by atoms with Crippen molar-refractivity contribution < 1.29 is 31.1 Å². The first-order valence-corrected chi connectivity index (χ1v) is 5.95. The number of halogens is 6. The Balaban J connectivity index is 0.000000885. The van der Waals surface area contributed by atoms with Crippen molar-refractivity contribution in [2.75, 3.05) is 7.05 Å². The van der Waals surface area contributed by atoms with Crippen LogP contribution in [0.15, 0.2) is 6.20 Å². The van der Waals surface area contributed by atoms with Crippen molar-refractivity contribution in [1.82, 2.24) is 15.1 Å². The van der Waals surface area contributed by atoms with E-state index in [0.717, 1.165) is 7.05 Å². The highest BCUT2D eigenvalue weighted by molar-refractivity contribution is 5.95. The molecule has 0 bridgehead atoms. The lowest BCUT2D eigenvalue weighted by atomic mass is 10.2. The van der Waals surface area contributed by atoms with Crippen LogP contribution in [-0.2, 0) is 12.5 Å². The molecule has 0 radical (unpaired) electrons. The molecule has 1 rings (SSSR count). The van der Waals surface area contributed by atoms with E-state index in [1.54, 1.807) is 5.32 Å². The first-order chi connectivity index (χ1) is 9.50. The van der Waals surface area contributed by atoms with Crippen LogP contribution in [0.5, 0.6) is 0 Å². The predicted octanol–water partition coefficient (Wildman–Crippen LogP) is 3.54. The third kappa shape index (κ3) is 5.27. The summed E-state index contributed by atoms with van der Waals surface area (Å²) >= 11 is 0. The average molecular weight is 319 g/mol. The zero-order valence-electron chi connectivity index (χ0n) is 11.6. The third-order valence-corrected chi connectivity index (χ3v) is 2.25. The molecule has 0 unspecified atom stereocenters. The largest absolute Gasteiger partial charge is 0.505 e. The number of amides is 1. The number of aromatic nitrogens is 2. The second-order valence-corrected chi connectivity index (χ2v) is 3.86. The van der Waals surface area contributed by atoms with Crippen molar-refractivity contribution in [3.8, 4) is 0 Å². The third-order valence-electron chi connectivity index (χ3n) is 2.25. The van der Waals surface area contributed by atoms with Gasteiger partial charge in [0.05, 0.1) is 11.8 Å². The van der Waals surface area contributed by atoms with Gasteiger partial charge >= 0.3 is 12.5 Å². The predicted molar refractivity (Wildman–Crippen MR) is 62.5 cm³/mol. The van der Waals surface area contributed by atoms with Crippen LogP contribution in [-0.4, -0.2) is 22.7 Å². The minimum Gasteiger partial charge on any atom is -0.355 e. The summed E-state index contributed by atoms with van der Waals surface area (Å²) in [6.07, 6.45) is -7.83. The number of nitrogens with zero attached hydrogens (tertiary/aromatic N) is 2. The molecule has 0 aliphatic heterocycles. The molecule has 10 heteroatoms. The van der Waals surface area contributed by atoms with Crippen molar-refractivity contribution in [2.45, 2.75) is 39.2 Å². The van der Waals surface area contributed by atoms with E-state index >= 15 is 0 Å². The molecule has 1 aromatic rings. The zero-order chi connectivity index (χ0) is 16.8. The molecule has 1 amide bonds. The highest BCUT2D eigenvalue weighted by Crippen LogP contribution is 2.36. The van der Waals surface area contributed by atoms with E-state index in [0.29, 0.717) is 0 Å². The Hall–Kier alpha value is -1.74. The molecule has 0 aliphatic carbocycles. The van der Waals surface area contributed by atoms with Crippen LogP contribution in [0.25, 0.3) is 0 Å².